The lowest BCUT2D eigenvalue weighted by molar-refractivity contribution is 0.471. The average molecular weight is 289 g/mol. The molecule has 0 saturated heterocycles. The van der Waals surface area contributed by atoms with Crippen molar-refractivity contribution in [3.05, 3.63) is 53.1 Å². The van der Waals surface area contributed by atoms with Crippen LogP contribution in [0.3, 0.4) is 0 Å². The molecule has 1 heterocycles. The van der Waals surface area contributed by atoms with Gasteiger partial charge in [0.2, 0.25) is 0 Å². The second-order valence-corrected chi connectivity index (χ2v) is 4.66. The maximum Gasteiger partial charge on any atom is 0.141 e. The minimum absolute atomic E-state index is 0.220. The molecule has 0 fully saturated rings. The van der Waals surface area contributed by atoms with E-state index in [1.807, 2.05) is 30.3 Å². The normalized spacial score (nSPS) is 10.9. The van der Waals surface area contributed by atoms with Gasteiger partial charge >= 0.3 is 0 Å². The van der Waals surface area contributed by atoms with Crippen LogP contribution in [0.4, 0.5) is 0 Å². The van der Waals surface area contributed by atoms with E-state index in [0.29, 0.717) is 5.69 Å². The maximum atomic E-state index is 9.84. The lowest BCUT2D eigenvalue weighted by Gasteiger charge is -2.05. The summed E-state index contributed by atoms with van der Waals surface area (Å²) in [5, 5.41) is 15.2. The van der Waals surface area contributed by atoms with Crippen molar-refractivity contribution < 1.29 is 5.11 Å². The van der Waals surface area contributed by atoms with Crippen molar-refractivity contribution in [1.29, 1.82) is 0 Å². The number of hydrogen-bond donors (Lipinski definition) is 1. The number of phenols is 1. The molecule has 0 amide bonds. The Balaban J connectivity index is 2.31. The molecule has 0 unspecified atom stereocenters. The van der Waals surface area contributed by atoms with E-state index >= 15 is 0 Å². The van der Waals surface area contributed by atoms with Crippen molar-refractivity contribution in [2.45, 2.75) is 0 Å². The molecule has 0 aliphatic rings. The van der Waals surface area contributed by atoms with Crippen LogP contribution in [0, 0.1) is 0 Å². The fraction of sp³-hybridized carbons (Fsp3) is 0. The van der Waals surface area contributed by atoms with Gasteiger partial charge in [-0.25, -0.2) is 4.68 Å². The first-order chi connectivity index (χ1) is 8.25. The zero-order valence-corrected chi connectivity index (χ0v) is 10.4. The highest BCUT2D eigenvalue weighted by Crippen LogP contribution is 2.26. The Morgan fingerprint density at radius 2 is 1.94 bits per heavy atom. The molecule has 1 N–H and O–H groups in total. The number of rotatable bonds is 1. The van der Waals surface area contributed by atoms with Crippen molar-refractivity contribution in [1.82, 2.24) is 9.78 Å². The summed E-state index contributed by atoms with van der Waals surface area (Å²) in [6.07, 6.45) is 1.79. The van der Waals surface area contributed by atoms with Gasteiger partial charge in [0.15, 0.2) is 0 Å². The summed E-state index contributed by atoms with van der Waals surface area (Å²) in [7, 11) is 0. The van der Waals surface area contributed by atoms with E-state index in [9.17, 15) is 5.11 Å². The zero-order valence-electron chi connectivity index (χ0n) is 8.84. The van der Waals surface area contributed by atoms with Crippen LogP contribution in [0.5, 0.6) is 5.75 Å². The highest BCUT2D eigenvalue weighted by Gasteiger charge is 2.08. The number of para-hydroxylation sites is 2. The number of phenolic OH excluding ortho intramolecular Hbond substituents is 1. The lowest BCUT2D eigenvalue weighted by Crippen LogP contribution is -1.95. The Hall–Kier alpha value is -1.81. The standard InChI is InChI=1S/C13H9BrN2O/c14-10-6-5-9-8-15-16(12(9)7-10)11-3-1-2-4-13(11)17/h1-8,17H. The minimum Gasteiger partial charge on any atom is -0.506 e. The third-order valence-electron chi connectivity index (χ3n) is 2.64. The molecule has 0 saturated carbocycles. The number of halogens is 1. The smallest absolute Gasteiger partial charge is 0.141 e. The molecule has 0 aliphatic carbocycles. The summed E-state index contributed by atoms with van der Waals surface area (Å²) in [6, 6.07) is 13.1. The summed E-state index contributed by atoms with van der Waals surface area (Å²) in [5.74, 6) is 0.220. The number of benzene rings is 2. The van der Waals surface area contributed by atoms with Crippen molar-refractivity contribution in [3.63, 3.8) is 0 Å². The van der Waals surface area contributed by atoms with Crippen molar-refractivity contribution >= 4 is 26.8 Å². The largest absolute Gasteiger partial charge is 0.506 e. The quantitative estimate of drug-likeness (QED) is 0.744. The first-order valence-corrected chi connectivity index (χ1v) is 5.97. The van der Waals surface area contributed by atoms with Gasteiger partial charge in [-0.1, -0.05) is 34.1 Å². The molecule has 17 heavy (non-hydrogen) atoms. The summed E-state index contributed by atoms with van der Waals surface area (Å²) < 4.78 is 2.72. The number of aromatic nitrogens is 2. The van der Waals surface area contributed by atoms with Gasteiger partial charge in [0.25, 0.3) is 0 Å². The Morgan fingerprint density at radius 1 is 1.12 bits per heavy atom. The van der Waals surface area contributed by atoms with Gasteiger partial charge in [-0.05, 0) is 24.3 Å². The van der Waals surface area contributed by atoms with Gasteiger partial charge < -0.3 is 5.11 Å². The van der Waals surface area contributed by atoms with Gasteiger partial charge in [0, 0.05) is 9.86 Å². The average Bonchev–Trinajstić information content (AvgIpc) is 2.72. The summed E-state index contributed by atoms with van der Waals surface area (Å²) in [5.41, 5.74) is 1.64. The SMILES string of the molecule is Oc1ccccc1-n1ncc2ccc(Br)cc21. The van der Waals surface area contributed by atoms with E-state index < -0.39 is 0 Å². The molecule has 0 atom stereocenters. The summed E-state index contributed by atoms with van der Waals surface area (Å²) in [6.45, 7) is 0. The number of nitrogens with zero attached hydrogens (tertiary/aromatic N) is 2. The number of hydrogen-bond acceptors (Lipinski definition) is 2. The monoisotopic (exact) mass is 288 g/mol. The molecule has 0 aliphatic heterocycles. The van der Waals surface area contributed by atoms with Crippen LogP contribution in [0.15, 0.2) is 53.1 Å². The van der Waals surface area contributed by atoms with Gasteiger partial charge in [-0.2, -0.15) is 5.10 Å². The molecular formula is C13H9BrN2O. The van der Waals surface area contributed by atoms with Crippen LogP contribution in [0.25, 0.3) is 16.6 Å². The molecule has 2 aromatic carbocycles. The topological polar surface area (TPSA) is 38.0 Å². The summed E-state index contributed by atoms with van der Waals surface area (Å²) >= 11 is 3.44. The molecule has 1 aromatic heterocycles. The van der Waals surface area contributed by atoms with Crippen LogP contribution >= 0.6 is 15.9 Å². The molecule has 3 aromatic rings. The van der Waals surface area contributed by atoms with E-state index in [1.54, 1.807) is 23.0 Å². The van der Waals surface area contributed by atoms with Gasteiger partial charge in [0.1, 0.15) is 11.4 Å². The van der Waals surface area contributed by atoms with Crippen LogP contribution in [-0.4, -0.2) is 14.9 Å². The predicted molar refractivity (Wildman–Crippen MR) is 70.4 cm³/mol. The van der Waals surface area contributed by atoms with Gasteiger partial charge in [-0.3, -0.25) is 0 Å². The Morgan fingerprint density at radius 3 is 2.76 bits per heavy atom. The van der Waals surface area contributed by atoms with Crippen molar-refractivity contribution in [2.75, 3.05) is 0 Å². The van der Waals surface area contributed by atoms with E-state index in [1.165, 1.54) is 0 Å². The molecule has 84 valence electrons. The highest BCUT2D eigenvalue weighted by molar-refractivity contribution is 9.10. The first-order valence-electron chi connectivity index (χ1n) is 5.17. The molecular weight excluding hydrogens is 280 g/mol. The maximum absolute atomic E-state index is 9.84. The third kappa shape index (κ3) is 1.70. The lowest BCUT2D eigenvalue weighted by atomic mass is 10.2. The number of fused-ring (bicyclic) bond motifs is 1. The summed E-state index contributed by atoms with van der Waals surface area (Å²) in [4.78, 5) is 0. The Bertz CT molecular complexity index is 691. The fourth-order valence-corrected chi connectivity index (χ4v) is 2.18. The molecule has 3 rings (SSSR count). The zero-order chi connectivity index (χ0) is 11.8. The van der Waals surface area contributed by atoms with Crippen LogP contribution in [0.1, 0.15) is 0 Å². The van der Waals surface area contributed by atoms with E-state index in [2.05, 4.69) is 21.0 Å². The van der Waals surface area contributed by atoms with E-state index in [4.69, 9.17) is 0 Å². The molecule has 3 nitrogen and oxygen atoms in total. The predicted octanol–water partition coefficient (Wildman–Crippen LogP) is 3.49. The highest BCUT2D eigenvalue weighted by atomic mass is 79.9. The van der Waals surface area contributed by atoms with Gasteiger partial charge in [0.05, 0.1) is 11.7 Å². The Labute approximate surface area is 106 Å². The number of aromatic hydroxyl groups is 1. The van der Waals surface area contributed by atoms with Crippen molar-refractivity contribution in [3.8, 4) is 11.4 Å². The van der Waals surface area contributed by atoms with Crippen molar-refractivity contribution in [2.24, 2.45) is 0 Å². The van der Waals surface area contributed by atoms with Crippen LogP contribution in [0.2, 0.25) is 0 Å². The van der Waals surface area contributed by atoms with Crippen LogP contribution in [-0.2, 0) is 0 Å². The molecule has 0 radical (unpaired) electrons. The molecule has 4 heteroatoms. The fourth-order valence-electron chi connectivity index (χ4n) is 1.83. The Kier molecular flexibility index (Phi) is 2.37. The van der Waals surface area contributed by atoms with E-state index in [-0.39, 0.29) is 5.75 Å². The third-order valence-corrected chi connectivity index (χ3v) is 3.14. The second-order valence-electron chi connectivity index (χ2n) is 3.75. The molecule has 0 bridgehead atoms. The molecule has 0 spiro atoms. The van der Waals surface area contributed by atoms with E-state index in [0.717, 1.165) is 15.4 Å². The second kappa shape index (κ2) is 3.89. The van der Waals surface area contributed by atoms with Gasteiger partial charge in [-0.15, -0.1) is 0 Å². The first kappa shape index (κ1) is 10.4. The van der Waals surface area contributed by atoms with Crippen LogP contribution < -0.4 is 0 Å². The minimum atomic E-state index is 0.220.